The van der Waals surface area contributed by atoms with Gasteiger partial charge in [-0.3, -0.25) is 4.57 Å². The van der Waals surface area contributed by atoms with Crippen molar-refractivity contribution >= 4 is 11.0 Å². The fraction of sp³-hybridized carbons (Fsp3) is 0.364. The van der Waals surface area contributed by atoms with Crippen LogP contribution in [0, 0.1) is 6.92 Å². The number of imidazole rings is 1. The summed E-state index contributed by atoms with van der Waals surface area (Å²) in [4.78, 5) is 14.5. The number of nitrogens with two attached hydrogens (primary N) is 1. The number of rotatable bonds is 3. The van der Waals surface area contributed by atoms with Gasteiger partial charge in [0.1, 0.15) is 0 Å². The van der Waals surface area contributed by atoms with Crippen LogP contribution in [0.5, 0.6) is 0 Å². The topological polar surface area (TPSA) is 63.8 Å². The zero-order valence-corrected chi connectivity index (χ0v) is 8.79. The van der Waals surface area contributed by atoms with E-state index in [1.165, 1.54) is 0 Å². The van der Waals surface area contributed by atoms with Gasteiger partial charge in [0.2, 0.25) is 0 Å². The fourth-order valence-corrected chi connectivity index (χ4v) is 1.75. The number of nitrogens with zero attached hydrogens (tertiary/aromatic N) is 1. The van der Waals surface area contributed by atoms with Gasteiger partial charge in [-0.25, -0.2) is 4.79 Å². The smallest absolute Gasteiger partial charge is 0.326 e. The van der Waals surface area contributed by atoms with Gasteiger partial charge >= 0.3 is 5.69 Å². The summed E-state index contributed by atoms with van der Waals surface area (Å²) in [6.07, 6.45) is 0.820. The van der Waals surface area contributed by atoms with E-state index >= 15 is 0 Å². The molecule has 0 aliphatic heterocycles. The summed E-state index contributed by atoms with van der Waals surface area (Å²) in [5.41, 5.74) is 8.39. The molecule has 1 heterocycles. The van der Waals surface area contributed by atoms with Crippen molar-refractivity contribution in [2.75, 3.05) is 6.54 Å². The number of fused-ring (bicyclic) bond motifs is 1. The second kappa shape index (κ2) is 3.90. The van der Waals surface area contributed by atoms with Gasteiger partial charge in [-0.1, -0.05) is 6.07 Å². The molecule has 1 aromatic carbocycles. The molecule has 0 unspecified atom stereocenters. The average molecular weight is 205 g/mol. The minimum Gasteiger partial charge on any atom is -0.330 e. The standard InChI is InChI=1S/C11H15N3O/c1-8-3-4-10-9(7-8)13-11(15)14(10)6-2-5-12/h3-4,7H,2,5-6,12H2,1H3,(H,13,15). The van der Waals surface area contributed by atoms with Crippen LogP contribution in [0.4, 0.5) is 0 Å². The summed E-state index contributed by atoms with van der Waals surface area (Å²) in [5.74, 6) is 0. The van der Waals surface area contributed by atoms with Gasteiger partial charge in [0, 0.05) is 6.54 Å². The lowest BCUT2D eigenvalue weighted by Gasteiger charge is -2.01. The molecule has 0 saturated heterocycles. The Morgan fingerprint density at radius 3 is 3.00 bits per heavy atom. The third-order valence-corrected chi connectivity index (χ3v) is 2.52. The average Bonchev–Trinajstić information content (AvgIpc) is 2.50. The molecule has 0 fully saturated rings. The first-order valence-electron chi connectivity index (χ1n) is 5.11. The van der Waals surface area contributed by atoms with Crippen LogP contribution < -0.4 is 11.4 Å². The van der Waals surface area contributed by atoms with E-state index in [0.29, 0.717) is 13.1 Å². The first-order valence-corrected chi connectivity index (χ1v) is 5.11. The second-order valence-corrected chi connectivity index (χ2v) is 3.74. The predicted molar refractivity (Wildman–Crippen MR) is 61.0 cm³/mol. The van der Waals surface area contributed by atoms with Crippen LogP contribution in [0.15, 0.2) is 23.0 Å². The Morgan fingerprint density at radius 1 is 1.47 bits per heavy atom. The van der Waals surface area contributed by atoms with E-state index in [-0.39, 0.29) is 5.69 Å². The molecule has 0 bridgehead atoms. The number of aromatic amines is 1. The van der Waals surface area contributed by atoms with Crippen LogP contribution in [0.3, 0.4) is 0 Å². The molecular weight excluding hydrogens is 190 g/mol. The molecule has 3 N–H and O–H groups in total. The number of H-pyrrole nitrogens is 1. The summed E-state index contributed by atoms with van der Waals surface area (Å²) < 4.78 is 1.74. The summed E-state index contributed by atoms with van der Waals surface area (Å²) in [7, 11) is 0. The molecule has 0 atom stereocenters. The Labute approximate surface area is 87.7 Å². The molecule has 2 rings (SSSR count). The fourth-order valence-electron chi connectivity index (χ4n) is 1.75. The van der Waals surface area contributed by atoms with Gasteiger partial charge in [0.25, 0.3) is 0 Å². The van der Waals surface area contributed by atoms with Crippen LogP contribution in [-0.4, -0.2) is 16.1 Å². The molecule has 80 valence electrons. The molecule has 0 aliphatic carbocycles. The Bertz CT molecular complexity index is 524. The zero-order valence-electron chi connectivity index (χ0n) is 8.79. The number of aryl methyl sites for hydroxylation is 2. The maximum atomic E-state index is 11.6. The lowest BCUT2D eigenvalue weighted by molar-refractivity contribution is 0.647. The van der Waals surface area contributed by atoms with Crippen molar-refractivity contribution < 1.29 is 0 Å². The van der Waals surface area contributed by atoms with Crippen molar-refractivity contribution in [2.45, 2.75) is 19.9 Å². The van der Waals surface area contributed by atoms with Crippen LogP contribution in [0.2, 0.25) is 0 Å². The monoisotopic (exact) mass is 205 g/mol. The molecule has 15 heavy (non-hydrogen) atoms. The molecule has 2 aromatic rings. The van der Waals surface area contributed by atoms with Gasteiger partial charge in [0.15, 0.2) is 0 Å². The Morgan fingerprint density at radius 2 is 2.27 bits per heavy atom. The van der Waals surface area contributed by atoms with Crippen molar-refractivity contribution in [3.8, 4) is 0 Å². The minimum atomic E-state index is -0.0518. The van der Waals surface area contributed by atoms with E-state index in [2.05, 4.69) is 4.98 Å². The van der Waals surface area contributed by atoms with Crippen LogP contribution in [0.1, 0.15) is 12.0 Å². The molecule has 4 nitrogen and oxygen atoms in total. The largest absolute Gasteiger partial charge is 0.330 e. The summed E-state index contributed by atoms with van der Waals surface area (Å²) in [5, 5.41) is 0. The first kappa shape index (κ1) is 9.98. The van der Waals surface area contributed by atoms with Crippen LogP contribution in [-0.2, 0) is 6.54 Å². The lowest BCUT2D eigenvalue weighted by Crippen LogP contribution is -2.18. The second-order valence-electron chi connectivity index (χ2n) is 3.74. The van der Waals surface area contributed by atoms with Gasteiger partial charge in [-0.15, -0.1) is 0 Å². The highest BCUT2D eigenvalue weighted by Crippen LogP contribution is 2.12. The Hall–Kier alpha value is -1.55. The molecule has 0 spiro atoms. The number of hydrogen-bond acceptors (Lipinski definition) is 2. The third kappa shape index (κ3) is 1.80. The van der Waals surface area contributed by atoms with Crippen molar-refractivity contribution in [1.29, 1.82) is 0 Å². The summed E-state index contributed by atoms with van der Waals surface area (Å²) >= 11 is 0. The maximum absolute atomic E-state index is 11.6. The van der Waals surface area contributed by atoms with E-state index in [1.54, 1.807) is 4.57 Å². The summed E-state index contributed by atoms with van der Waals surface area (Å²) in [6.45, 7) is 3.29. The van der Waals surface area contributed by atoms with Gasteiger partial charge in [-0.05, 0) is 37.6 Å². The normalized spacial score (nSPS) is 11.1. The SMILES string of the molecule is Cc1ccc2c(c1)[nH]c(=O)n2CCCN. The highest BCUT2D eigenvalue weighted by molar-refractivity contribution is 5.75. The minimum absolute atomic E-state index is 0.0518. The highest BCUT2D eigenvalue weighted by Gasteiger charge is 2.05. The Kier molecular flexibility index (Phi) is 2.60. The maximum Gasteiger partial charge on any atom is 0.326 e. The number of nitrogens with one attached hydrogen (secondary N) is 1. The zero-order chi connectivity index (χ0) is 10.8. The number of hydrogen-bond donors (Lipinski definition) is 2. The van der Waals surface area contributed by atoms with Crippen molar-refractivity contribution in [1.82, 2.24) is 9.55 Å². The van der Waals surface area contributed by atoms with E-state index < -0.39 is 0 Å². The van der Waals surface area contributed by atoms with Crippen molar-refractivity contribution in [3.05, 3.63) is 34.2 Å². The highest BCUT2D eigenvalue weighted by atomic mass is 16.1. The molecule has 0 aliphatic rings. The van der Waals surface area contributed by atoms with Crippen molar-refractivity contribution in [2.24, 2.45) is 5.73 Å². The molecular formula is C11H15N3O. The van der Waals surface area contributed by atoms with E-state index in [1.807, 2.05) is 25.1 Å². The van der Waals surface area contributed by atoms with E-state index in [4.69, 9.17) is 5.73 Å². The van der Waals surface area contributed by atoms with Crippen LogP contribution >= 0.6 is 0 Å². The molecule has 0 radical (unpaired) electrons. The van der Waals surface area contributed by atoms with Gasteiger partial charge < -0.3 is 10.7 Å². The molecule has 0 amide bonds. The van der Waals surface area contributed by atoms with E-state index in [9.17, 15) is 4.79 Å². The van der Waals surface area contributed by atoms with Gasteiger partial charge in [-0.2, -0.15) is 0 Å². The Balaban J connectivity index is 2.53. The molecule has 0 saturated carbocycles. The summed E-state index contributed by atoms with van der Waals surface area (Å²) in [6, 6.07) is 5.96. The van der Waals surface area contributed by atoms with Crippen molar-refractivity contribution in [3.63, 3.8) is 0 Å². The molecule has 1 aromatic heterocycles. The predicted octanol–water partition coefficient (Wildman–Crippen LogP) is 0.987. The molecule has 4 heteroatoms. The first-order chi connectivity index (χ1) is 7.22. The van der Waals surface area contributed by atoms with Crippen LogP contribution in [0.25, 0.3) is 11.0 Å². The quantitative estimate of drug-likeness (QED) is 0.784. The third-order valence-electron chi connectivity index (χ3n) is 2.52. The number of benzene rings is 1. The number of aromatic nitrogens is 2. The van der Waals surface area contributed by atoms with Gasteiger partial charge in [0.05, 0.1) is 11.0 Å². The van der Waals surface area contributed by atoms with E-state index in [0.717, 1.165) is 23.0 Å². The lowest BCUT2D eigenvalue weighted by atomic mass is 10.2.